The monoisotopic (exact) mass is 652 g/mol. The van der Waals surface area contributed by atoms with Gasteiger partial charge in [-0.15, -0.1) is 11.3 Å². The summed E-state index contributed by atoms with van der Waals surface area (Å²) < 4.78 is 54.1. The molecule has 0 radical (unpaired) electrons. The SMILES string of the molecule is CCOP(=O)(OCC)C(F)(F)c1ccc2sc(C(=O)N[C@H]3C[C@@H]4C[C@@H]4C[C@H]4CC[C@@H](C(=O)N5CCNCC5)N4C3=O)cc2c1. The predicted molar refractivity (Wildman–Crippen MR) is 162 cm³/mol. The van der Waals surface area contributed by atoms with E-state index in [1.807, 2.05) is 4.90 Å². The molecule has 10 nitrogen and oxygen atoms in total. The van der Waals surface area contributed by atoms with Gasteiger partial charge in [-0.05, 0) is 81.4 Å². The minimum atomic E-state index is -4.79. The summed E-state index contributed by atoms with van der Waals surface area (Å²) >= 11 is 1.13. The van der Waals surface area contributed by atoms with Crippen molar-refractivity contribution in [3.63, 3.8) is 0 Å². The second-order valence-electron chi connectivity index (χ2n) is 12.1. The number of halogens is 2. The number of fused-ring (bicyclic) bond motifs is 3. The molecule has 4 aliphatic rings. The third-order valence-electron chi connectivity index (χ3n) is 9.29. The van der Waals surface area contributed by atoms with Crippen LogP contribution in [0.2, 0.25) is 0 Å². The first-order chi connectivity index (χ1) is 21.1. The van der Waals surface area contributed by atoms with E-state index in [4.69, 9.17) is 9.05 Å². The van der Waals surface area contributed by atoms with Crippen molar-refractivity contribution in [2.75, 3.05) is 39.4 Å². The molecule has 3 saturated heterocycles. The third-order valence-corrected chi connectivity index (χ3v) is 12.5. The van der Waals surface area contributed by atoms with Crippen LogP contribution in [0.4, 0.5) is 8.78 Å². The van der Waals surface area contributed by atoms with Crippen molar-refractivity contribution in [2.45, 2.75) is 69.7 Å². The molecule has 2 N–H and O–H groups in total. The number of amides is 3. The number of hydrogen-bond donors (Lipinski definition) is 2. The maximum absolute atomic E-state index is 15.4. The Morgan fingerprint density at radius 1 is 1.07 bits per heavy atom. The largest absolute Gasteiger partial charge is 0.404 e. The number of benzene rings is 1. The summed E-state index contributed by atoms with van der Waals surface area (Å²) in [4.78, 5) is 44.9. The van der Waals surface area contributed by atoms with Crippen LogP contribution in [0.25, 0.3) is 10.1 Å². The van der Waals surface area contributed by atoms with Gasteiger partial charge in [0.15, 0.2) is 0 Å². The van der Waals surface area contributed by atoms with Gasteiger partial charge in [-0.2, -0.15) is 8.78 Å². The third kappa shape index (κ3) is 5.82. The van der Waals surface area contributed by atoms with Gasteiger partial charge in [-0.25, -0.2) is 0 Å². The van der Waals surface area contributed by atoms with Gasteiger partial charge in [0.05, 0.1) is 18.1 Å². The fourth-order valence-corrected chi connectivity index (χ4v) is 9.48. The van der Waals surface area contributed by atoms with E-state index in [1.165, 1.54) is 38.1 Å². The molecule has 14 heteroatoms. The fraction of sp³-hybridized carbons (Fsp3) is 0.633. The standard InChI is InChI=1S/C30H39F2N4O6PS/c1-3-41-43(40,42-4-2)30(31,32)21-5-8-25-20(14-21)17-26(44-25)27(37)34-23-16-19-13-18(19)15-22-6-7-24(36(22)28(23)38)29(39)35-11-9-33-10-12-35/h5,8,14,17-19,22-24,33H,3-4,6-7,9-13,15-16H2,1-2H3,(H,34,37)/t18-,19+,22-,23+,24+/m1/s1. The van der Waals surface area contributed by atoms with Crippen LogP contribution in [0.3, 0.4) is 0 Å². The molecular weight excluding hydrogens is 613 g/mol. The van der Waals surface area contributed by atoms with Gasteiger partial charge in [-0.3, -0.25) is 18.9 Å². The highest BCUT2D eigenvalue weighted by Gasteiger charge is 2.55. The Labute approximate surface area is 259 Å². The summed E-state index contributed by atoms with van der Waals surface area (Å²) in [5.41, 5.74) is -4.43. The molecule has 5 atom stereocenters. The molecule has 1 aliphatic carbocycles. The van der Waals surface area contributed by atoms with Crippen molar-refractivity contribution >= 4 is 46.7 Å². The van der Waals surface area contributed by atoms with Crippen LogP contribution in [0, 0.1) is 11.8 Å². The van der Waals surface area contributed by atoms with Gasteiger partial charge in [-0.1, -0.05) is 6.07 Å². The molecule has 4 heterocycles. The van der Waals surface area contributed by atoms with E-state index >= 15 is 8.78 Å². The first kappa shape index (κ1) is 31.5. The van der Waals surface area contributed by atoms with Gasteiger partial charge >= 0.3 is 13.3 Å². The zero-order chi connectivity index (χ0) is 31.2. The molecule has 6 rings (SSSR count). The Kier molecular flexibility index (Phi) is 8.89. The van der Waals surface area contributed by atoms with Crippen molar-refractivity contribution < 1.29 is 36.8 Å². The van der Waals surface area contributed by atoms with Crippen LogP contribution in [-0.2, 0) is 28.9 Å². The normalized spacial score (nSPS) is 27.5. The lowest BCUT2D eigenvalue weighted by atomic mass is 9.99. The number of carbonyl (C=O) groups excluding carboxylic acids is 3. The maximum atomic E-state index is 15.4. The van der Waals surface area contributed by atoms with Gasteiger partial charge in [0.1, 0.15) is 12.1 Å². The Morgan fingerprint density at radius 3 is 2.48 bits per heavy atom. The number of thiophene rings is 1. The van der Waals surface area contributed by atoms with E-state index in [-0.39, 0.29) is 35.9 Å². The molecule has 2 aromatic rings. The van der Waals surface area contributed by atoms with E-state index in [0.29, 0.717) is 47.9 Å². The molecule has 1 saturated carbocycles. The Balaban J connectivity index is 1.22. The van der Waals surface area contributed by atoms with E-state index in [1.54, 1.807) is 4.90 Å². The van der Waals surface area contributed by atoms with E-state index in [9.17, 15) is 18.9 Å². The highest BCUT2D eigenvalue weighted by atomic mass is 32.1. The van der Waals surface area contributed by atoms with Crippen LogP contribution < -0.4 is 10.6 Å². The molecule has 240 valence electrons. The van der Waals surface area contributed by atoms with Gasteiger partial charge in [0.2, 0.25) is 11.8 Å². The van der Waals surface area contributed by atoms with Crippen molar-refractivity contribution in [3.05, 3.63) is 34.7 Å². The second kappa shape index (κ2) is 12.4. The van der Waals surface area contributed by atoms with Gasteiger partial charge < -0.3 is 29.5 Å². The summed E-state index contributed by atoms with van der Waals surface area (Å²) in [6.45, 7) is 5.20. The number of alkyl halides is 2. The molecule has 4 fully saturated rings. The Morgan fingerprint density at radius 2 is 1.77 bits per heavy atom. The number of hydrogen-bond acceptors (Lipinski definition) is 8. The van der Waals surface area contributed by atoms with Crippen LogP contribution >= 0.6 is 18.9 Å². The van der Waals surface area contributed by atoms with Crippen molar-refractivity contribution in [3.8, 4) is 0 Å². The first-order valence-corrected chi connectivity index (χ1v) is 17.9. The number of rotatable bonds is 9. The van der Waals surface area contributed by atoms with E-state index in [0.717, 1.165) is 43.7 Å². The summed E-state index contributed by atoms with van der Waals surface area (Å²) in [7, 11) is -4.79. The lowest BCUT2D eigenvalue weighted by Gasteiger charge is -2.37. The highest BCUT2D eigenvalue weighted by Crippen LogP contribution is 2.67. The van der Waals surface area contributed by atoms with Crippen molar-refractivity contribution in [1.82, 2.24) is 20.4 Å². The minimum absolute atomic E-state index is 0.0113. The summed E-state index contributed by atoms with van der Waals surface area (Å²) in [5, 5.41) is 6.57. The lowest BCUT2D eigenvalue weighted by molar-refractivity contribution is -0.147. The highest BCUT2D eigenvalue weighted by molar-refractivity contribution is 7.54. The molecule has 44 heavy (non-hydrogen) atoms. The number of nitrogens with one attached hydrogen (secondary N) is 2. The first-order valence-electron chi connectivity index (χ1n) is 15.5. The Bertz CT molecular complexity index is 1470. The molecular formula is C30H39F2N4O6PS. The lowest BCUT2D eigenvalue weighted by Crippen LogP contribution is -2.58. The molecule has 3 amide bonds. The smallest absolute Gasteiger partial charge is 0.340 e. The molecule has 1 aromatic heterocycles. The van der Waals surface area contributed by atoms with E-state index in [2.05, 4.69) is 10.6 Å². The molecule has 0 unspecified atom stereocenters. The molecule has 3 aliphatic heterocycles. The Hall–Kier alpha value is -2.44. The average Bonchev–Trinajstić information content (AvgIpc) is 3.37. The van der Waals surface area contributed by atoms with Crippen LogP contribution in [-0.4, -0.2) is 85.0 Å². The van der Waals surface area contributed by atoms with Crippen molar-refractivity contribution in [2.24, 2.45) is 11.8 Å². The molecule has 0 bridgehead atoms. The van der Waals surface area contributed by atoms with E-state index < -0.39 is 36.8 Å². The zero-order valence-corrected chi connectivity index (χ0v) is 26.6. The minimum Gasteiger partial charge on any atom is -0.340 e. The quantitative estimate of drug-likeness (QED) is 0.382. The maximum Gasteiger partial charge on any atom is 0.404 e. The van der Waals surface area contributed by atoms with Gasteiger partial charge in [0, 0.05) is 42.5 Å². The summed E-state index contributed by atoms with van der Waals surface area (Å²) in [6, 6.07) is 4.02. The number of carbonyl (C=O) groups is 3. The van der Waals surface area contributed by atoms with Crippen molar-refractivity contribution in [1.29, 1.82) is 0 Å². The van der Waals surface area contributed by atoms with Gasteiger partial charge in [0.25, 0.3) is 5.91 Å². The molecule has 0 spiro atoms. The predicted octanol–water partition coefficient (Wildman–Crippen LogP) is 4.54. The topological polar surface area (TPSA) is 117 Å². The summed E-state index contributed by atoms with van der Waals surface area (Å²) in [6.07, 6.45) is 3.82. The van der Waals surface area contributed by atoms with Crippen LogP contribution in [0.1, 0.15) is 61.2 Å². The fourth-order valence-electron chi connectivity index (χ4n) is 7.00. The van der Waals surface area contributed by atoms with Crippen LogP contribution in [0.15, 0.2) is 24.3 Å². The number of piperazine rings is 1. The summed E-state index contributed by atoms with van der Waals surface area (Å²) in [5.74, 6) is 0.136. The molecule has 1 aromatic carbocycles. The number of nitrogens with zero attached hydrogens (tertiary/aromatic N) is 2. The zero-order valence-electron chi connectivity index (χ0n) is 24.9. The average molecular weight is 653 g/mol. The second-order valence-corrected chi connectivity index (χ2v) is 15.2. The van der Waals surface area contributed by atoms with Crippen LogP contribution in [0.5, 0.6) is 0 Å².